The molecule has 4 nitrogen and oxygen atoms in total. The van der Waals surface area contributed by atoms with Crippen LogP contribution in [0.1, 0.15) is 29.8 Å². The lowest BCUT2D eigenvalue weighted by Gasteiger charge is -2.32. The van der Waals surface area contributed by atoms with Crippen molar-refractivity contribution in [2.24, 2.45) is 5.92 Å². The van der Waals surface area contributed by atoms with E-state index in [9.17, 15) is 9.18 Å². The number of piperidine rings is 1. The highest BCUT2D eigenvalue weighted by Gasteiger charge is 2.24. The van der Waals surface area contributed by atoms with Crippen molar-refractivity contribution in [1.29, 1.82) is 0 Å². The molecular formula is C19H23ClFN3O. The van der Waals surface area contributed by atoms with Crippen LogP contribution in [0.3, 0.4) is 0 Å². The molecule has 1 aliphatic rings. The summed E-state index contributed by atoms with van der Waals surface area (Å²) in [5, 5.41) is 4.83. The summed E-state index contributed by atoms with van der Waals surface area (Å²) in [6, 6.07) is 6.59. The van der Waals surface area contributed by atoms with Crippen molar-refractivity contribution in [2.75, 3.05) is 13.1 Å². The normalized spacial score (nSPS) is 15.6. The highest BCUT2D eigenvalue weighted by molar-refractivity contribution is 6.31. The molecule has 0 saturated carbocycles. The van der Waals surface area contributed by atoms with E-state index < -0.39 is 5.82 Å². The topological polar surface area (TPSA) is 38.1 Å². The first kappa shape index (κ1) is 17.9. The molecule has 6 heteroatoms. The van der Waals surface area contributed by atoms with E-state index in [1.54, 1.807) is 12.1 Å². The average Bonchev–Trinajstić information content (AvgIpc) is 2.89. The number of carbonyl (C=O) groups excluding carboxylic acids is 1. The van der Waals surface area contributed by atoms with Gasteiger partial charge in [0, 0.05) is 35.9 Å². The van der Waals surface area contributed by atoms with Crippen LogP contribution in [-0.2, 0) is 17.8 Å². The molecule has 25 heavy (non-hydrogen) atoms. The third-order valence-electron chi connectivity index (χ3n) is 4.89. The van der Waals surface area contributed by atoms with Crippen LogP contribution >= 0.6 is 11.6 Å². The first-order chi connectivity index (χ1) is 11.9. The largest absolute Gasteiger partial charge is 0.342 e. The van der Waals surface area contributed by atoms with Crippen LogP contribution in [0.2, 0.25) is 5.02 Å². The molecule has 1 aromatic heterocycles. The Hall–Kier alpha value is -1.88. The fourth-order valence-corrected chi connectivity index (χ4v) is 3.66. The van der Waals surface area contributed by atoms with Gasteiger partial charge in [-0.2, -0.15) is 5.10 Å². The maximum absolute atomic E-state index is 13.9. The van der Waals surface area contributed by atoms with Crippen LogP contribution in [0.4, 0.5) is 4.39 Å². The molecular weight excluding hydrogens is 341 g/mol. The number of nitrogens with zero attached hydrogens (tertiary/aromatic N) is 3. The van der Waals surface area contributed by atoms with Gasteiger partial charge in [-0.3, -0.25) is 9.48 Å². The van der Waals surface area contributed by atoms with E-state index in [2.05, 4.69) is 22.8 Å². The highest BCUT2D eigenvalue weighted by Crippen LogP contribution is 2.23. The molecule has 0 bridgehead atoms. The van der Waals surface area contributed by atoms with Crippen molar-refractivity contribution in [3.8, 4) is 0 Å². The number of hydrogen-bond acceptors (Lipinski definition) is 2. The summed E-state index contributed by atoms with van der Waals surface area (Å²) in [7, 11) is 0. The van der Waals surface area contributed by atoms with Crippen molar-refractivity contribution in [1.82, 2.24) is 14.7 Å². The molecule has 134 valence electrons. The molecule has 0 N–H and O–H groups in total. The van der Waals surface area contributed by atoms with Gasteiger partial charge < -0.3 is 4.90 Å². The minimum Gasteiger partial charge on any atom is -0.342 e. The summed E-state index contributed by atoms with van der Waals surface area (Å²) in [6.45, 7) is 6.36. The Labute approximate surface area is 152 Å². The standard InChI is InChI=1S/C19H23ClFN3O/c1-13-10-14(2)24(22-13)12-15-6-8-23(9-7-15)19(25)11-16-17(20)4-3-5-18(16)21/h3-5,10,15H,6-9,11-12H2,1-2H3. The Balaban J connectivity index is 1.55. The van der Waals surface area contributed by atoms with E-state index in [1.165, 1.54) is 11.8 Å². The van der Waals surface area contributed by atoms with Gasteiger partial charge in [-0.05, 0) is 50.8 Å². The summed E-state index contributed by atoms with van der Waals surface area (Å²) < 4.78 is 15.9. The van der Waals surface area contributed by atoms with Crippen LogP contribution < -0.4 is 0 Å². The number of carbonyl (C=O) groups is 1. The number of likely N-dealkylation sites (tertiary alicyclic amines) is 1. The number of aromatic nitrogens is 2. The molecule has 0 aliphatic carbocycles. The number of aryl methyl sites for hydroxylation is 2. The maximum atomic E-state index is 13.9. The molecule has 2 aromatic rings. The lowest BCUT2D eigenvalue weighted by molar-refractivity contribution is -0.132. The molecule has 1 fully saturated rings. The van der Waals surface area contributed by atoms with E-state index in [1.807, 2.05) is 11.8 Å². The van der Waals surface area contributed by atoms with Crippen molar-refractivity contribution in [3.05, 3.63) is 52.1 Å². The zero-order chi connectivity index (χ0) is 18.0. The predicted octanol–water partition coefficient (Wildman–Crippen LogP) is 3.77. The van der Waals surface area contributed by atoms with Crippen LogP contribution in [-0.4, -0.2) is 33.7 Å². The third kappa shape index (κ3) is 4.21. The van der Waals surface area contributed by atoms with Crippen molar-refractivity contribution < 1.29 is 9.18 Å². The summed E-state index contributed by atoms with van der Waals surface area (Å²) in [5.41, 5.74) is 2.50. The lowest BCUT2D eigenvalue weighted by atomic mass is 9.96. The number of amides is 1. The van der Waals surface area contributed by atoms with Gasteiger partial charge in [0.2, 0.25) is 5.91 Å². The van der Waals surface area contributed by atoms with Gasteiger partial charge in [0.25, 0.3) is 0 Å². The summed E-state index contributed by atoms with van der Waals surface area (Å²) >= 11 is 6.02. The van der Waals surface area contributed by atoms with Gasteiger partial charge >= 0.3 is 0 Å². The molecule has 0 spiro atoms. The minimum absolute atomic E-state index is 0.0215. The first-order valence-corrected chi connectivity index (χ1v) is 9.03. The van der Waals surface area contributed by atoms with E-state index in [0.717, 1.165) is 25.1 Å². The Bertz CT molecular complexity index is 746. The van der Waals surface area contributed by atoms with E-state index in [4.69, 9.17) is 11.6 Å². The summed E-state index contributed by atoms with van der Waals surface area (Å²) in [5.74, 6) is 0.0379. The van der Waals surface area contributed by atoms with E-state index in [-0.39, 0.29) is 12.3 Å². The molecule has 2 heterocycles. The zero-order valence-electron chi connectivity index (χ0n) is 14.6. The summed E-state index contributed by atoms with van der Waals surface area (Å²) in [4.78, 5) is 14.3. The fraction of sp³-hybridized carbons (Fsp3) is 0.474. The van der Waals surface area contributed by atoms with E-state index >= 15 is 0 Å². The van der Waals surface area contributed by atoms with Gasteiger partial charge in [0.15, 0.2) is 0 Å². The predicted molar refractivity (Wildman–Crippen MR) is 96.1 cm³/mol. The Kier molecular flexibility index (Phi) is 5.42. The number of hydrogen-bond donors (Lipinski definition) is 0. The molecule has 1 saturated heterocycles. The van der Waals surface area contributed by atoms with Gasteiger partial charge in [0.1, 0.15) is 5.82 Å². The molecule has 0 unspecified atom stereocenters. The average molecular weight is 364 g/mol. The third-order valence-corrected chi connectivity index (χ3v) is 5.25. The van der Waals surface area contributed by atoms with Crippen molar-refractivity contribution in [3.63, 3.8) is 0 Å². The molecule has 0 radical (unpaired) electrons. The lowest BCUT2D eigenvalue weighted by Crippen LogP contribution is -2.40. The Morgan fingerprint density at radius 3 is 2.64 bits per heavy atom. The molecule has 1 aromatic carbocycles. The number of halogens is 2. The van der Waals surface area contributed by atoms with Crippen molar-refractivity contribution in [2.45, 2.75) is 39.7 Å². The molecule has 1 aliphatic heterocycles. The smallest absolute Gasteiger partial charge is 0.227 e. The Morgan fingerprint density at radius 2 is 2.04 bits per heavy atom. The van der Waals surface area contributed by atoms with Crippen LogP contribution in [0.15, 0.2) is 24.3 Å². The molecule has 1 amide bonds. The summed E-state index contributed by atoms with van der Waals surface area (Å²) in [6.07, 6.45) is 1.90. The molecule has 0 atom stereocenters. The highest BCUT2D eigenvalue weighted by atomic mass is 35.5. The molecule has 3 rings (SSSR count). The first-order valence-electron chi connectivity index (χ1n) is 8.65. The van der Waals surface area contributed by atoms with Crippen LogP contribution in [0.25, 0.3) is 0 Å². The maximum Gasteiger partial charge on any atom is 0.227 e. The van der Waals surface area contributed by atoms with Crippen molar-refractivity contribution >= 4 is 17.5 Å². The number of rotatable bonds is 4. The van der Waals surface area contributed by atoms with Gasteiger partial charge in [-0.15, -0.1) is 0 Å². The minimum atomic E-state index is -0.416. The van der Waals surface area contributed by atoms with Gasteiger partial charge in [-0.25, -0.2) is 4.39 Å². The van der Waals surface area contributed by atoms with Gasteiger partial charge in [-0.1, -0.05) is 17.7 Å². The SMILES string of the molecule is Cc1cc(C)n(CC2CCN(C(=O)Cc3c(F)cccc3Cl)CC2)n1. The van der Waals surface area contributed by atoms with Crippen LogP contribution in [0.5, 0.6) is 0 Å². The second-order valence-electron chi connectivity index (χ2n) is 6.81. The second kappa shape index (κ2) is 7.56. The van der Waals surface area contributed by atoms with Gasteiger partial charge in [0.05, 0.1) is 12.1 Å². The Morgan fingerprint density at radius 1 is 1.32 bits per heavy atom. The fourth-order valence-electron chi connectivity index (χ4n) is 3.43. The quantitative estimate of drug-likeness (QED) is 0.829. The van der Waals surface area contributed by atoms with Crippen LogP contribution in [0, 0.1) is 25.6 Å². The van der Waals surface area contributed by atoms with E-state index in [0.29, 0.717) is 29.6 Å². The number of benzene rings is 1. The second-order valence-corrected chi connectivity index (χ2v) is 7.22. The zero-order valence-corrected chi connectivity index (χ0v) is 15.4. The monoisotopic (exact) mass is 363 g/mol.